The topological polar surface area (TPSA) is 61.8 Å². The minimum atomic E-state index is -0.0708. The van der Waals surface area contributed by atoms with Gasteiger partial charge in [0, 0.05) is 23.0 Å². The Morgan fingerprint density at radius 1 is 1.23 bits per heavy atom. The highest BCUT2D eigenvalue weighted by molar-refractivity contribution is 7.80. The third-order valence-corrected chi connectivity index (χ3v) is 5.65. The summed E-state index contributed by atoms with van der Waals surface area (Å²) in [6.07, 6.45) is 0. The van der Waals surface area contributed by atoms with E-state index in [4.69, 9.17) is 17.0 Å². The van der Waals surface area contributed by atoms with Crippen LogP contribution in [0.4, 0.5) is 0 Å². The molecule has 7 heteroatoms. The van der Waals surface area contributed by atoms with Crippen molar-refractivity contribution >= 4 is 28.2 Å². The molecule has 1 heterocycles. The number of thiocarbonyl (C=S) groups is 1. The number of pyridine rings is 1. The smallest absolute Gasteiger partial charge is 0.253 e. The highest BCUT2D eigenvalue weighted by atomic mass is 32.1. The van der Waals surface area contributed by atoms with Gasteiger partial charge < -0.3 is 24.8 Å². The highest BCUT2D eigenvalue weighted by Crippen LogP contribution is 2.19. The average Bonchev–Trinajstić information content (AvgIpc) is 2.72. The molecular weight excluding hydrogens is 396 g/mol. The first-order chi connectivity index (χ1) is 14.4. The minimum Gasteiger partial charge on any atom is -0.494 e. The number of benzene rings is 1. The predicted molar refractivity (Wildman–Crippen MR) is 128 cm³/mol. The van der Waals surface area contributed by atoms with Crippen molar-refractivity contribution in [3.63, 3.8) is 0 Å². The number of quaternary nitrogens is 1. The summed E-state index contributed by atoms with van der Waals surface area (Å²) >= 11 is 5.69. The fraction of sp³-hybridized carbons (Fsp3) is 0.565. The molecule has 0 atom stereocenters. The number of ether oxygens (including phenoxy) is 1. The number of likely N-dealkylation sites (N-methyl/N-ethyl adjacent to an activating group) is 1. The molecule has 2 rings (SSSR count). The molecule has 0 aliphatic rings. The van der Waals surface area contributed by atoms with Crippen LogP contribution >= 0.6 is 12.2 Å². The second-order valence-corrected chi connectivity index (χ2v) is 8.40. The van der Waals surface area contributed by atoms with Gasteiger partial charge in [-0.2, -0.15) is 0 Å². The molecule has 0 amide bonds. The third-order valence-electron chi connectivity index (χ3n) is 5.25. The number of hydrogen-bond donors (Lipinski definition) is 3. The van der Waals surface area contributed by atoms with Gasteiger partial charge in [-0.15, -0.1) is 0 Å². The molecule has 0 fully saturated rings. The molecule has 1 aromatic heterocycles. The van der Waals surface area contributed by atoms with Crippen LogP contribution in [-0.4, -0.2) is 54.3 Å². The molecule has 2 aromatic rings. The molecular formula is C23H37N4O2S+. The molecule has 0 unspecified atom stereocenters. The standard InChI is InChI=1S/C23H36N4O2S/c1-6-26(7-2)11-12-27(23(30)24-15-17(4)5)16-19-13-18-14-20(29-8-3)9-10-21(18)25-22(19)28/h9-10,13-14,17H,6-8,11-12,15-16H2,1-5H3,(H,24,30)(H,25,28)/p+1. The first-order valence-electron chi connectivity index (χ1n) is 11.0. The number of aromatic nitrogens is 1. The highest BCUT2D eigenvalue weighted by Gasteiger charge is 2.16. The number of hydrogen-bond acceptors (Lipinski definition) is 3. The van der Waals surface area contributed by atoms with Gasteiger partial charge in [-0.05, 0) is 63.2 Å². The lowest BCUT2D eigenvalue weighted by Gasteiger charge is -2.28. The largest absolute Gasteiger partial charge is 0.494 e. The second-order valence-electron chi connectivity index (χ2n) is 8.01. The monoisotopic (exact) mass is 433 g/mol. The molecule has 6 nitrogen and oxygen atoms in total. The summed E-state index contributed by atoms with van der Waals surface area (Å²) < 4.78 is 5.61. The van der Waals surface area contributed by atoms with Gasteiger partial charge in [-0.1, -0.05) is 13.8 Å². The van der Waals surface area contributed by atoms with E-state index in [0.29, 0.717) is 29.7 Å². The zero-order valence-electron chi connectivity index (χ0n) is 19.0. The lowest BCUT2D eigenvalue weighted by atomic mass is 10.1. The van der Waals surface area contributed by atoms with Crippen LogP contribution in [0, 0.1) is 5.92 Å². The molecule has 0 aliphatic heterocycles. The Kier molecular flexibility index (Phi) is 9.59. The van der Waals surface area contributed by atoms with E-state index in [1.807, 2.05) is 31.2 Å². The molecule has 166 valence electrons. The maximum Gasteiger partial charge on any atom is 0.253 e. The summed E-state index contributed by atoms with van der Waals surface area (Å²) in [4.78, 5) is 19.4. The Morgan fingerprint density at radius 2 is 1.97 bits per heavy atom. The van der Waals surface area contributed by atoms with Crippen molar-refractivity contribution in [1.82, 2.24) is 15.2 Å². The summed E-state index contributed by atoms with van der Waals surface area (Å²) in [5, 5.41) is 5.03. The average molecular weight is 434 g/mol. The lowest BCUT2D eigenvalue weighted by molar-refractivity contribution is -0.895. The molecule has 30 heavy (non-hydrogen) atoms. The van der Waals surface area contributed by atoms with E-state index in [0.717, 1.165) is 49.4 Å². The van der Waals surface area contributed by atoms with Gasteiger partial charge in [0.1, 0.15) is 5.75 Å². The van der Waals surface area contributed by atoms with Crippen LogP contribution in [-0.2, 0) is 6.54 Å². The summed E-state index contributed by atoms with van der Waals surface area (Å²) in [7, 11) is 0. The van der Waals surface area contributed by atoms with E-state index in [2.05, 4.69) is 42.9 Å². The molecule has 0 saturated carbocycles. The normalized spacial score (nSPS) is 11.3. The fourth-order valence-electron chi connectivity index (χ4n) is 3.36. The van der Waals surface area contributed by atoms with Gasteiger partial charge in [0.25, 0.3) is 5.56 Å². The van der Waals surface area contributed by atoms with Crippen molar-refractivity contribution in [2.75, 3.05) is 39.3 Å². The zero-order valence-corrected chi connectivity index (χ0v) is 19.8. The minimum absolute atomic E-state index is 0.0708. The van der Waals surface area contributed by atoms with Gasteiger partial charge in [-0.3, -0.25) is 4.79 Å². The van der Waals surface area contributed by atoms with Crippen LogP contribution in [0.25, 0.3) is 10.9 Å². The van der Waals surface area contributed by atoms with Crippen molar-refractivity contribution in [1.29, 1.82) is 0 Å². The molecule has 0 aliphatic carbocycles. The van der Waals surface area contributed by atoms with Crippen molar-refractivity contribution in [3.8, 4) is 5.75 Å². The number of fused-ring (bicyclic) bond motifs is 1. The molecule has 3 N–H and O–H groups in total. The van der Waals surface area contributed by atoms with Gasteiger partial charge in [-0.25, -0.2) is 0 Å². The number of nitrogens with one attached hydrogen (secondary N) is 3. The SMILES string of the molecule is CCOc1ccc2[nH]c(=O)c(CN(CC[NH+](CC)CC)C(=S)NCC(C)C)cc2c1. The third kappa shape index (κ3) is 6.99. The first kappa shape index (κ1) is 24.2. The van der Waals surface area contributed by atoms with E-state index in [1.54, 1.807) is 0 Å². The Morgan fingerprint density at radius 3 is 2.60 bits per heavy atom. The van der Waals surface area contributed by atoms with Crippen LogP contribution < -0.4 is 20.5 Å². The zero-order chi connectivity index (χ0) is 22.1. The number of H-pyrrole nitrogens is 1. The van der Waals surface area contributed by atoms with E-state index in [9.17, 15) is 4.79 Å². The quantitative estimate of drug-likeness (QED) is 0.474. The summed E-state index contributed by atoms with van der Waals surface area (Å²) in [6.45, 7) is 16.5. The Hall–Kier alpha value is -2.12. The molecule has 0 spiro atoms. The predicted octanol–water partition coefficient (Wildman–Crippen LogP) is 2.18. The molecule has 0 radical (unpaired) electrons. The van der Waals surface area contributed by atoms with Crippen LogP contribution in [0.2, 0.25) is 0 Å². The van der Waals surface area contributed by atoms with E-state index in [-0.39, 0.29) is 5.56 Å². The number of aromatic amines is 1. The fourth-order valence-corrected chi connectivity index (χ4v) is 3.60. The van der Waals surface area contributed by atoms with Crippen LogP contribution in [0.5, 0.6) is 5.75 Å². The van der Waals surface area contributed by atoms with Gasteiger partial charge >= 0.3 is 0 Å². The van der Waals surface area contributed by atoms with E-state index < -0.39 is 0 Å². The first-order valence-corrected chi connectivity index (χ1v) is 11.4. The van der Waals surface area contributed by atoms with Crippen LogP contribution in [0.15, 0.2) is 29.1 Å². The lowest BCUT2D eigenvalue weighted by Crippen LogP contribution is -3.12. The Balaban J connectivity index is 2.27. The van der Waals surface area contributed by atoms with Gasteiger partial charge in [0.05, 0.1) is 39.3 Å². The molecule has 1 aromatic carbocycles. The van der Waals surface area contributed by atoms with Gasteiger partial charge in [0.15, 0.2) is 5.11 Å². The van der Waals surface area contributed by atoms with Crippen LogP contribution in [0.3, 0.4) is 0 Å². The van der Waals surface area contributed by atoms with E-state index in [1.165, 1.54) is 4.90 Å². The maximum absolute atomic E-state index is 12.7. The van der Waals surface area contributed by atoms with Crippen molar-refractivity contribution in [3.05, 3.63) is 40.2 Å². The summed E-state index contributed by atoms with van der Waals surface area (Å²) in [5.74, 6) is 1.30. The maximum atomic E-state index is 12.7. The summed E-state index contributed by atoms with van der Waals surface area (Å²) in [6, 6.07) is 7.70. The van der Waals surface area contributed by atoms with Crippen LogP contribution in [0.1, 0.15) is 40.2 Å². The second kappa shape index (κ2) is 11.9. The summed E-state index contributed by atoms with van der Waals surface area (Å²) in [5.41, 5.74) is 1.45. The number of rotatable bonds is 11. The van der Waals surface area contributed by atoms with E-state index >= 15 is 0 Å². The molecule has 0 saturated heterocycles. The Labute approximate surface area is 185 Å². The number of nitrogens with zero attached hydrogens (tertiary/aromatic N) is 1. The van der Waals surface area contributed by atoms with Crippen molar-refractivity contribution in [2.24, 2.45) is 5.92 Å². The van der Waals surface area contributed by atoms with Gasteiger partial charge in [0.2, 0.25) is 0 Å². The van der Waals surface area contributed by atoms with Crippen molar-refractivity contribution < 1.29 is 9.64 Å². The Bertz CT molecular complexity index is 877. The van der Waals surface area contributed by atoms with Crippen molar-refractivity contribution in [2.45, 2.75) is 41.2 Å². The molecule has 0 bridgehead atoms.